The van der Waals surface area contributed by atoms with Gasteiger partial charge in [0.2, 0.25) is 0 Å². The molecule has 3 rings (SSSR count). The molecular weight excluding hydrogens is 351 g/mol. The maximum atomic E-state index is 13.0. The van der Waals surface area contributed by atoms with Crippen LogP contribution in [0.1, 0.15) is 25.0 Å². The van der Waals surface area contributed by atoms with Crippen LogP contribution in [0.3, 0.4) is 0 Å². The van der Waals surface area contributed by atoms with E-state index in [1.54, 1.807) is 0 Å². The van der Waals surface area contributed by atoms with Crippen LogP contribution in [0.4, 0.5) is 4.39 Å². The lowest BCUT2D eigenvalue weighted by molar-refractivity contribution is -0.147. The number of ether oxygens (including phenoxy) is 1. The van der Waals surface area contributed by atoms with E-state index in [4.69, 9.17) is 16.3 Å². The first kappa shape index (κ1) is 18.7. The van der Waals surface area contributed by atoms with Crippen LogP contribution in [-0.4, -0.2) is 5.97 Å². The molecule has 0 saturated heterocycles. The van der Waals surface area contributed by atoms with Crippen LogP contribution >= 0.6 is 11.6 Å². The fraction of sp³-hybridized carbons (Fsp3) is 0.318. The summed E-state index contributed by atoms with van der Waals surface area (Å²) in [4.78, 5) is 12.4. The molecule has 0 N–H and O–H groups in total. The molecule has 0 heterocycles. The van der Waals surface area contributed by atoms with Gasteiger partial charge >= 0.3 is 5.97 Å². The average molecular weight is 373 g/mol. The number of carbonyl (C=O) groups excluding carboxylic acids is 1. The Morgan fingerprint density at radius 2 is 1.88 bits per heavy atom. The number of halogens is 2. The number of carbonyl (C=O) groups is 1. The van der Waals surface area contributed by atoms with E-state index in [0.717, 1.165) is 22.3 Å². The highest BCUT2D eigenvalue weighted by Gasteiger charge is 2.61. The van der Waals surface area contributed by atoms with Crippen molar-refractivity contribution >= 4 is 17.6 Å². The summed E-state index contributed by atoms with van der Waals surface area (Å²) in [6.07, 6.45) is 1.30. The van der Waals surface area contributed by atoms with Crippen molar-refractivity contribution in [3.05, 3.63) is 71.0 Å². The summed E-state index contributed by atoms with van der Waals surface area (Å²) in [5.74, 6) is -0.882. The third-order valence-corrected chi connectivity index (χ3v) is 5.50. The second-order valence-corrected chi connectivity index (χ2v) is 7.71. The molecule has 0 radical (unpaired) electrons. The normalized spacial score (nSPS) is 21.3. The first-order valence-corrected chi connectivity index (χ1v) is 9.03. The highest BCUT2D eigenvalue weighted by Crippen LogP contribution is 2.60. The molecule has 1 saturated carbocycles. The van der Waals surface area contributed by atoms with E-state index in [2.05, 4.69) is 18.2 Å². The van der Waals surface area contributed by atoms with Crippen LogP contribution in [-0.2, 0) is 16.1 Å². The number of allylic oxidation sites excluding steroid dienone is 1. The van der Waals surface area contributed by atoms with Crippen molar-refractivity contribution in [1.82, 2.24) is 0 Å². The lowest BCUT2D eigenvalue weighted by atomic mass is 9.97. The van der Waals surface area contributed by atoms with Crippen molar-refractivity contribution in [1.29, 1.82) is 0 Å². The van der Waals surface area contributed by atoms with E-state index in [1.165, 1.54) is 6.08 Å². The van der Waals surface area contributed by atoms with Gasteiger partial charge in [0, 0.05) is 5.92 Å². The zero-order valence-electron chi connectivity index (χ0n) is 15.1. The molecule has 26 heavy (non-hydrogen) atoms. The van der Waals surface area contributed by atoms with Gasteiger partial charge in [0.15, 0.2) is 5.29 Å². The summed E-state index contributed by atoms with van der Waals surface area (Å²) in [5, 5.41) is -0.773. The maximum Gasteiger partial charge on any atom is 0.310 e. The summed E-state index contributed by atoms with van der Waals surface area (Å²) in [6, 6.07) is 16.1. The van der Waals surface area contributed by atoms with Gasteiger partial charge in [0.1, 0.15) is 6.61 Å². The minimum Gasteiger partial charge on any atom is -0.461 e. The first-order valence-electron chi connectivity index (χ1n) is 8.65. The van der Waals surface area contributed by atoms with Crippen molar-refractivity contribution in [3.8, 4) is 11.1 Å². The second-order valence-electron chi connectivity index (χ2n) is 7.34. The maximum absolute atomic E-state index is 13.0. The molecule has 0 aromatic heterocycles. The highest BCUT2D eigenvalue weighted by atomic mass is 35.5. The Labute approximate surface area is 158 Å². The first-order chi connectivity index (χ1) is 12.3. The number of benzene rings is 2. The molecule has 1 fully saturated rings. The van der Waals surface area contributed by atoms with Crippen LogP contribution in [0.25, 0.3) is 11.1 Å². The third-order valence-electron chi connectivity index (χ3n) is 5.37. The second kappa shape index (κ2) is 7.24. The number of esters is 1. The van der Waals surface area contributed by atoms with Gasteiger partial charge in [-0.05, 0) is 40.7 Å². The average Bonchev–Trinajstić information content (AvgIpc) is 3.14. The Morgan fingerprint density at radius 1 is 1.19 bits per heavy atom. The highest BCUT2D eigenvalue weighted by molar-refractivity contribution is 6.28. The predicted molar refractivity (Wildman–Crippen MR) is 102 cm³/mol. The molecular formula is C22H22ClFO2. The summed E-state index contributed by atoms with van der Waals surface area (Å²) in [7, 11) is 0. The van der Waals surface area contributed by atoms with Crippen molar-refractivity contribution < 1.29 is 13.9 Å². The molecule has 2 aromatic rings. The summed E-state index contributed by atoms with van der Waals surface area (Å²) in [5.41, 5.74) is 3.98. The summed E-state index contributed by atoms with van der Waals surface area (Å²) < 4.78 is 18.5. The molecule has 2 atom stereocenters. The van der Waals surface area contributed by atoms with E-state index in [-0.39, 0.29) is 29.8 Å². The van der Waals surface area contributed by atoms with E-state index in [1.807, 2.05) is 51.1 Å². The van der Waals surface area contributed by atoms with Crippen molar-refractivity contribution in [3.63, 3.8) is 0 Å². The van der Waals surface area contributed by atoms with E-state index < -0.39 is 5.29 Å². The fourth-order valence-electron chi connectivity index (χ4n) is 3.58. The lowest BCUT2D eigenvalue weighted by Crippen LogP contribution is -2.11. The van der Waals surface area contributed by atoms with Gasteiger partial charge in [0.05, 0.1) is 5.92 Å². The lowest BCUT2D eigenvalue weighted by Gasteiger charge is -2.12. The topological polar surface area (TPSA) is 26.3 Å². The largest absolute Gasteiger partial charge is 0.461 e. The molecule has 2 nitrogen and oxygen atoms in total. The Balaban J connectivity index is 1.71. The molecule has 4 heteroatoms. The molecule has 0 spiro atoms. The van der Waals surface area contributed by atoms with E-state index in [0.29, 0.717) is 0 Å². The van der Waals surface area contributed by atoms with Gasteiger partial charge in [-0.15, -0.1) is 0 Å². The Hall–Kier alpha value is -2.13. The number of rotatable bonds is 5. The van der Waals surface area contributed by atoms with Gasteiger partial charge in [-0.1, -0.05) is 74.0 Å². The van der Waals surface area contributed by atoms with Gasteiger partial charge in [-0.3, -0.25) is 4.79 Å². The number of hydrogen-bond acceptors (Lipinski definition) is 2. The molecule has 1 aliphatic rings. The molecule has 0 aliphatic heterocycles. The van der Waals surface area contributed by atoms with Crippen LogP contribution in [0.5, 0.6) is 0 Å². The molecule has 0 bridgehead atoms. The van der Waals surface area contributed by atoms with E-state index >= 15 is 0 Å². The van der Waals surface area contributed by atoms with Crippen molar-refractivity contribution in [2.75, 3.05) is 0 Å². The minimum atomic E-state index is -0.773. The molecule has 136 valence electrons. The number of hydrogen-bond donors (Lipinski definition) is 0. The fourth-order valence-corrected chi connectivity index (χ4v) is 3.72. The summed E-state index contributed by atoms with van der Waals surface area (Å²) >= 11 is 5.32. The zero-order valence-corrected chi connectivity index (χ0v) is 15.9. The predicted octanol–water partition coefficient (Wildman–Crippen LogP) is 6.03. The third kappa shape index (κ3) is 3.68. The van der Waals surface area contributed by atoms with Crippen LogP contribution in [0, 0.1) is 24.2 Å². The molecule has 0 amide bonds. The van der Waals surface area contributed by atoms with Crippen molar-refractivity contribution in [2.24, 2.45) is 17.3 Å². The van der Waals surface area contributed by atoms with Crippen LogP contribution < -0.4 is 0 Å². The standard InChI is InChI=1S/C22H22ClFO2/c1-14-16(10-7-11-17(14)15-8-5-4-6-9-15)13-26-21(25)20-18(12-19(23)24)22(20,2)3/h4-12,18,20H,13H2,1-3H3/b19-12-/t18-,20-/m1/s1. The van der Waals surface area contributed by atoms with Gasteiger partial charge in [0.25, 0.3) is 0 Å². The molecule has 1 aliphatic carbocycles. The quantitative estimate of drug-likeness (QED) is 0.599. The summed E-state index contributed by atoms with van der Waals surface area (Å²) in [6.45, 7) is 6.07. The van der Waals surface area contributed by atoms with Gasteiger partial charge < -0.3 is 4.74 Å². The Morgan fingerprint density at radius 3 is 2.54 bits per heavy atom. The van der Waals surface area contributed by atoms with Crippen LogP contribution in [0.15, 0.2) is 59.9 Å². The van der Waals surface area contributed by atoms with Gasteiger partial charge in [-0.2, -0.15) is 4.39 Å². The zero-order chi connectivity index (χ0) is 18.9. The Bertz CT molecular complexity index is 838. The SMILES string of the molecule is Cc1c(COC(=O)[C@H]2[C@@H](/C=C(\F)Cl)C2(C)C)cccc1-c1ccccc1. The molecule has 0 unspecified atom stereocenters. The van der Waals surface area contributed by atoms with Crippen LogP contribution in [0.2, 0.25) is 0 Å². The monoisotopic (exact) mass is 372 g/mol. The smallest absolute Gasteiger partial charge is 0.310 e. The molecule has 2 aromatic carbocycles. The van der Waals surface area contributed by atoms with Crippen molar-refractivity contribution in [2.45, 2.75) is 27.4 Å². The van der Waals surface area contributed by atoms with E-state index in [9.17, 15) is 9.18 Å². The Kier molecular flexibility index (Phi) is 5.19. The minimum absolute atomic E-state index is 0.206. The van der Waals surface area contributed by atoms with Gasteiger partial charge in [-0.25, -0.2) is 0 Å².